The first-order valence-corrected chi connectivity index (χ1v) is 4.81. The zero-order valence-electron chi connectivity index (χ0n) is 8.21. The summed E-state index contributed by atoms with van der Waals surface area (Å²) < 4.78 is 10.2. The Kier molecular flexibility index (Phi) is 4.20. The topological polar surface area (TPSA) is 42.2 Å². The highest BCUT2D eigenvalue weighted by Gasteiger charge is 2.31. The number of rotatable bonds is 4. The molecule has 1 saturated heterocycles. The lowest BCUT2D eigenvalue weighted by Gasteiger charge is -2.30. The van der Waals surface area contributed by atoms with E-state index in [0.717, 1.165) is 45.5 Å². The highest BCUT2D eigenvalue weighted by molar-refractivity contribution is 4.99. The maximum Gasteiger partial charge on any atom is 0.0691 e. The molecule has 1 heterocycles. The third-order valence-electron chi connectivity index (χ3n) is 2.69. The normalized spacial score (nSPS) is 20.9. The molecule has 74 valence electrons. The van der Waals surface area contributed by atoms with E-state index in [9.17, 15) is 0 Å². The van der Waals surface area contributed by atoms with Crippen molar-refractivity contribution in [3.05, 3.63) is 0 Å². The Bertz CT molecular complexity index is 180. The molecule has 0 N–H and O–H groups in total. The summed E-state index contributed by atoms with van der Waals surface area (Å²) >= 11 is 0. The first-order valence-electron chi connectivity index (χ1n) is 4.81. The van der Waals surface area contributed by atoms with Gasteiger partial charge in [0.1, 0.15) is 0 Å². The maximum absolute atomic E-state index is 9.09. The van der Waals surface area contributed by atoms with Gasteiger partial charge in [0.2, 0.25) is 0 Å². The number of methoxy groups -OCH3 is 1. The lowest BCUT2D eigenvalue weighted by molar-refractivity contribution is 0.0330. The molecule has 0 radical (unpaired) electrons. The molecule has 0 spiro atoms. The fraction of sp³-hybridized carbons (Fsp3) is 0.900. The van der Waals surface area contributed by atoms with Crippen LogP contribution >= 0.6 is 0 Å². The summed E-state index contributed by atoms with van der Waals surface area (Å²) in [7, 11) is 1.70. The van der Waals surface area contributed by atoms with E-state index < -0.39 is 0 Å². The van der Waals surface area contributed by atoms with Crippen molar-refractivity contribution in [2.24, 2.45) is 5.41 Å². The van der Waals surface area contributed by atoms with Crippen LogP contribution in [0.5, 0.6) is 0 Å². The van der Waals surface area contributed by atoms with Crippen LogP contribution in [0, 0.1) is 16.7 Å². The van der Waals surface area contributed by atoms with Crippen molar-refractivity contribution in [1.29, 1.82) is 5.26 Å². The van der Waals surface area contributed by atoms with Crippen molar-refractivity contribution < 1.29 is 9.47 Å². The van der Waals surface area contributed by atoms with Crippen molar-refractivity contribution in [1.82, 2.24) is 0 Å². The summed E-state index contributed by atoms with van der Waals surface area (Å²) in [6.45, 7) is 2.23. The van der Waals surface area contributed by atoms with E-state index in [0.29, 0.717) is 0 Å². The Morgan fingerprint density at radius 1 is 1.46 bits per heavy atom. The van der Waals surface area contributed by atoms with Crippen LogP contribution in [0.15, 0.2) is 0 Å². The van der Waals surface area contributed by atoms with E-state index in [-0.39, 0.29) is 5.41 Å². The van der Waals surface area contributed by atoms with Crippen molar-refractivity contribution in [3.8, 4) is 6.07 Å². The second-order valence-electron chi connectivity index (χ2n) is 3.60. The van der Waals surface area contributed by atoms with E-state index in [4.69, 9.17) is 14.7 Å². The highest BCUT2D eigenvalue weighted by Crippen LogP contribution is 2.34. The highest BCUT2D eigenvalue weighted by atomic mass is 16.5. The number of hydrogen-bond donors (Lipinski definition) is 0. The van der Waals surface area contributed by atoms with Crippen molar-refractivity contribution >= 4 is 0 Å². The monoisotopic (exact) mass is 183 g/mol. The predicted molar refractivity (Wildman–Crippen MR) is 49.2 cm³/mol. The quantitative estimate of drug-likeness (QED) is 0.623. The van der Waals surface area contributed by atoms with Crippen LogP contribution < -0.4 is 0 Å². The summed E-state index contributed by atoms with van der Waals surface area (Å²) in [6.07, 6.45) is 3.69. The van der Waals surface area contributed by atoms with Crippen LogP contribution in [0.25, 0.3) is 0 Å². The number of nitrogens with zero attached hydrogens (tertiary/aromatic N) is 1. The minimum Gasteiger partial charge on any atom is -0.385 e. The second kappa shape index (κ2) is 5.21. The largest absolute Gasteiger partial charge is 0.385 e. The minimum absolute atomic E-state index is 0.128. The molecule has 3 nitrogen and oxygen atoms in total. The molecule has 0 atom stereocenters. The van der Waals surface area contributed by atoms with Gasteiger partial charge in [-0.3, -0.25) is 0 Å². The molecule has 0 amide bonds. The summed E-state index contributed by atoms with van der Waals surface area (Å²) in [4.78, 5) is 0. The molecule has 13 heavy (non-hydrogen) atoms. The fourth-order valence-electron chi connectivity index (χ4n) is 1.73. The van der Waals surface area contributed by atoms with Crippen LogP contribution in [0.2, 0.25) is 0 Å². The van der Waals surface area contributed by atoms with Gasteiger partial charge in [0.15, 0.2) is 0 Å². The van der Waals surface area contributed by atoms with Gasteiger partial charge >= 0.3 is 0 Å². The van der Waals surface area contributed by atoms with Crippen LogP contribution in [-0.4, -0.2) is 26.9 Å². The molecule has 3 heteroatoms. The van der Waals surface area contributed by atoms with Gasteiger partial charge in [-0.05, 0) is 25.7 Å². The molecule has 1 aliphatic rings. The first-order chi connectivity index (χ1) is 6.33. The smallest absolute Gasteiger partial charge is 0.0691 e. The lowest BCUT2D eigenvalue weighted by Crippen LogP contribution is -2.28. The Balaban J connectivity index is 2.35. The van der Waals surface area contributed by atoms with E-state index in [1.807, 2.05) is 0 Å². The molecule has 0 aliphatic carbocycles. The van der Waals surface area contributed by atoms with Gasteiger partial charge in [-0.2, -0.15) is 5.26 Å². The average molecular weight is 183 g/mol. The number of ether oxygens (including phenoxy) is 2. The van der Waals surface area contributed by atoms with Crippen LogP contribution in [0.3, 0.4) is 0 Å². The molecule has 1 aliphatic heterocycles. The molecule has 1 fully saturated rings. The van der Waals surface area contributed by atoms with Gasteiger partial charge in [-0.25, -0.2) is 0 Å². The van der Waals surface area contributed by atoms with Gasteiger partial charge in [-0.15, -0.1) is 0 Å². The van der Waals surface area contributed by atoms with E-state index >= 15 is 0 Å². The third-order valence-corrected chi connectivity index (χ3v) is 2.69. The Labute approximate surface area is 79.6 Å². The van der Waals surface area contributed by atoms with Crippen molar-refractivity contribution in [3.63, 3.8) is 0 Å². The molecule has 0 aromatic carbocycles. The van der Waals surface area contributed by atoms with Crippen molar-refractivity contribution in [2.45, 2.75) is 25.7 Å². The summed E-state index contributed by atoms with van der Waals surface area (Å²) in [5, 5.41) is 9.09. The Morgan fingerprint density at radius 3 is 2.69 bits per heavy atom. The maximum atomic E-state index is 9.09. The van der Waals surface area contributed by atoms with Crippen LogP contribution in [0.4, 0.5) is 0 Å². The van der Waals surface area contributed by atoms with E-state index in [2.05, 4.69) is 6.07 Å². The van der Waals surface area contributed by atoms with Crippen molar-refractivity contribution in [2.75, 3.05) is 26.9 Å². The van der Waals surface area contributed by atoms with Crippen LogP contribution in [-0.2, 0) is 9.47 Å². The molecule has 0 aromatic rings. The van der Waals surface area contributed by atoms with Gasteiger partial charge in [0.25, 0.3) is 0 Å². The standard InChI is InChI=1S/C10H17NO2/c1-12-6-2-3-10(9-11)4-7-13-8-5-10/h2-8H2,1H3. The summed E-state index contributed by atoms with van der Waals surface area (Å²) in [6, 6.07) is 2.44. The predicted octanol–water partition coefficient (Wildman–Crippen LogP) is 1.73. The zero-order valence-corrected chi connectivity index (χ0v) is 8.21. The molecule has 0 saturated carbocycles. The lowest BCUT2D eigenvalue weighted by atomic mass is 9.78. The third kappa shape index (κ3) is 2.98. The fourth-order valence-corrected chi connectivity index (χ4v) is 1.73. The zero-order chi connectivity index (χ0) is 9.57. The number of hydrogen-bond acceptors (Lipinski definition) is 3. The van der Waals surface area contributed by atoms with Gasteiger partial charge in [0.05, 0.1) is 11.5 Å². The molecule has 0 bridgehead atoms. The summed E-state index contributed by atoms with van der Waals surface area (Å²) in [5.74, 6) is 0. The second-order valence-corrected chi connectivity index (χ2v) is 3.60. The average Bonchev–Trinajstić information content (AvgIpc) is 2.20. The van der Waals surface area contributed by atoms with Gasteiger partial charge in [-0.1, -0.05) is 0 Å². The molecule has 0 aromatic heterocycles. The van der Waals surface area contributed by atoms with E-state index in [1.54, 1.807) is 7.11 Å². The number of nitriles is 1. The summed E-state index contributed by atoms with van der Waals surface area (Å²) in [5.41, 5.74) is -0.128. The molecular weight excluding hydrogens is 166 g/mol. The molecule has 0 unspecified atom stereocenters. The SMILES string of the molecule is COCCCC1(C#N)CCOCC1. The van der Waals surface area contributed by atoms with E-state index in [1.165, 1.54) is 0 Å². The minimum atomic E-state index is -0.128. The Morgan fingerprint density at radius 2 is 2.15 bits per heavy atom. The molecular formula is C10H17NO2. The molecule has 1 rings (SSSR count). The first kappa shape index (κ1) is 10.5. The van der Waals surface area contributed by atoms with Gasteiger partial charge in [0, 0.05) is 26.9 Å². The van der Waals surface area contributed by atoms with Crippen LogP contribution in [0.1, 0.15) is 25.7 Å². The Hall–Kier alpha value is -0.590. The van der Waals surface area contributed by atoms with Gasteiger partial charge < -0.3 is 9.47 Å².